The van der Waals surface area contributed by atoms with Crippen LogP contribution in [0.1, 0.15) is 95.6 Å². The maximum Gasteiger partial charge on any atom is 0.197 e. The molecule has 4 aliphatic rings. The van der Waals surface area contributed by atoms with Crippen molar-refractivity contribution in [1.29, 1.82) is 0 Å². The quantitative estimate of drug-likeness (QED) is 0.104. The Kier molecular flexibility index (Phi) is 5.94. The van der Waals surface area contributed by atoms with Gasteiger partial charge in [0.15, 0.2) is 46.4 Å². The summed E-state index contributed by atoms with van der Waals surface area (Å²) in [5.41, 5.74) is 2.22. The second kappa shape index (κ2) is 9.56. The third-order valence-corrected chi connectivity index (χ3v) is 13.8. The van der Waals surface area contributed by atoms with Crippen LogP contribution in [0, 0.1) is 23.3 Å². The second-order valence-corrected chi connectivity index (χ2v) is 16.8. The number of thiophene rings is 3. The smallest absolute Gasteiger partial charge is 0.197 e. The summed E-state index contributed by atoms with van der Waals surface area (Å²) in [6, 6.07) is 5.07. The van der Waals surface area contributed by atoms with Gasteiger partial charge in [0.25, 0.3) is 0 Å². The van der Waals surface area contributed by atoms with E-state index in [0.717, 1.165) is 65.0 Å². The predicted octanol–water partition coefficient (Wildman–Crippen LogP) is 10.0. The summed E-state index contributed by atoms with van der Waals surface area (Å²) in [6.45, 7) is 8.30. The zero-order chi connectivity index (χ0) is 34.6. The van der Waals surface area contributed by atoms with Gasteiger partial charge in [-0.1, -0.05) is 27.7 Å². The van der Waals surface area contributed by atoms with Crippen molar-refractivity contribution >= 4 is 78.7 Å². The third-order valence-electron chi connectivity index (χ3n) is 10.1. The minimum absolute atomic E-state index is 0.122. The number of ketones is 4. The van der Waals surface area contributed by atoms with E-state index in [-0.39, 0.29) is 33.4 Å². The Balaban J connectivity index is 1.10. The molecule has 0 spiro atoms. The molecule has 0 radical (unpaired) electrons. The monoisotopic (exact) mass is 712 g/mol. The maximum absolute atomic E-state index is 13.9. The van der Waals surface area contributed by atoms with Gasteiger partial charge < -0.3 is 0 Å². The number of carbonyl (C=O) groups excluding carboxylic acids is 4. The van der Waals surface area contributed by atoms with Gasteiger partial charge in [0, 0.05) is 47.7 Å². The molecular weight excluding hydrogens is 693 g/mol. The van der Waals surface area contributed by atoms with Gasteiger partial charge in [-0.3, -0.25) is 19.2 Å². The van der Waals surface area contributed by atoms with Gasteiger partial charge in [0.2, 0.25) is 0 Å². The van der Waals surface area contributed by atoms with E-state index in [9.17, 15) is 36.7 Å². The first-order valence-electron chi connectivity index (χ1n) is 15.2. The Labute approximate surface area is 287 Å². The third kappa shape index (κ3) is 3.83. The van der Waals surface area contributed by atoms with Crippen LogP contribution in [0.15, 0.2) is 53.1 Å². The molecule has 4 aliphatic carbocycles. The number of carbonyl (C=O) groups is 4. The van der Waals surface area contributed by atoms with Crippen LogP contribution in [-0.4, -0.2) is 23.1 Å². The fourth-order valence-electron chi connectivity index (χ4n) is 7.50. The normalized spacial score (nSPS) is 17.9. The van der Waals surface area contributed by atoms with Gasteiger partial charge in [0.05, 0.1) is 25.4 Å². The average Bonchev–Trinajstić information content (AvgIpc) is 3.86. The summed E-state index contributed by atoms with van der Waals surface area (Å²) in [7, 11) is 0. The van der Waals surface area contributed by atoms with Crippen LogP contribution in [-0.2, 0) is 10.8 Å². The molecule has 0 atom stereocenters. The van der Waals surface area contributed by atoms with E-state index in [1.807, 2.05) is 26.0 Å². The first-order valence-corrected chi connectivity index (χ1v) is 17.6. The second-order valence-electron chi connectivity index (χ2n) is 13.6. The van der Waals surface area contributed by atoms with Crippen molar-refractivity contribution in [3.05, 3.63) is 125 Å². The van der Waals surface area contributed by atoms with E-state index in [0.29, 0.717) is 4.88 Å². The molecule has 0 saturated carbocycles. The standard InChI is InChI=1S/C38H20F4O4S3/c1-37(2)13(5-19-29(43)15-9-22(39)23(40)10-16(15)30(19)44)6-26-27(37)34-36(48-26)28-35(49-34)33-21(38(28,3)4)8-14(47-33)7-20-31(45)17-11-24(41)25(42)12-18(17)32(20)46/h5-12H,1-4H3. The summed E-state index contributed by atoms with van der Waals surface area (Å²) in [6.07, 6.45) is 5.03. The van der Waals surface area contributed by atoms with Gasteiger partial charge in [-0.2, -0.15) is 0 Å². The molecule has 0 bridgehead atoms. The van der Waals surface area contributed by atoms with E-state index in [1.54, 1.807) is 28.7 Å². The van der Waals surface area contributed by atoms with Crippen molar-refractivity contribution in [3.8, 4) is 9.75 Å². The number of benzene rings is 2. The lowest BCUT2D eigenvalue weighted by atomic mass is 9.80. The topological polar surface area (TPSA) is 68.3 Å². The van der Waals surface area contributed by atoms with Crippen LogP contribution >= 0.6 is 34.0 Å². The molecule has 0 saturated heterocycles. The Morgan fingerprint density at radius 2 is 1.02 bits per heavy atom. The molecule has 0 fully saturated rings. The molecule has 0 N–H and O–H groups in total. The van der Waals surface area contributed by atoms with Crippen molar-refractivity contribution in [1.82, 2.24) is 0 Å². The van der Waals surface area contributed by atoms with Crippen molar-refractivity contribution in [2.45, 2.75) is 38.5 Å². The van der Waals surface area contributed by atoms with Crippen LogP contribution < -0.4 is 0 Å². The lowest BCUT2D eigenvalue weighted by Crippen LogP contribution is -2.17. The Morgan fingerprint density at radius 1 is 0.551 bits per heavy atom. The molecule has 3 heterocycles. The lowest BCUT2D eigenvalue weighted by Gasteiger charge is -2.22. The van der Waals surface area contributed by atoms with Crippen LogP contribution in [0.2, 0.25) is 0 Å². The van der Waals surface area contributed by atoms with E-state index in [4.69, 9.17) is 0 Å². The minimum atomic E-state index is -1.18. The Hall–Kier alpha value is -4.58. The molecule has 4 nitrogen and oxygen atoms in total. The molecule has 5 aromatic rings. The number of fused-ring (bicyclic) bond motifs is 9. The first-order chi connectivity index (χ1) is 23.1. The lowest BCUT2D eigenvalue weighted by molar-refractivity contribution is 0.0974. The van der Waals surface area contributed by atoms with Gasteiger partial charge >= 0.3 is 0 Å². The molecule has 49 heavy (non-hydrogen) atoms. The van der Waals surface area contributed by atoms with Gasteiger partial charge in [-0.25, -0.2) is 17.6 Å². The first kappa shape index (κ1) is 30.5. The SMILES string of the molecule is CC1(C)C(C=C2C(=O)c3cc(F)c(F)cc3C2=O)=Cc2sc3c4c(sc3c21)-c1sc(C=C2C(=O)c3cc(F)c(F)cc3C2=O)cc1C4(C)C. The summed E-state index contributed by atoms with van der Waals surface area (Å²) in [5.74, 6) is -7.27. The molecule has 9 rings (SSSR count). The van der Waals surface area contributed by atoms with Crippen LogP contribution in [0.25, 0.3) is 31.3 Å². The van der Waals surface area contributed by atoms with Gasteiger partial charge in [0.1, 0.15) is 0 Å². The molecule has 0 aliphatic heterocycles. The van der Waals surface area contributed by atoms with Crippen molar-refractivity contribution < 1.29 is 36.7 Å². The van der Waals surface area contributed by atoms with Crippen LogP contribution in [0.4, 0.5) is 17.6 Å². The average molecular weight is 713 g/mol. The number of hydrogen-bond donors (Lipinski definition) is 0. The van der Waals surface area contributed by atoms with Gasteiger partial charge in [-0.05, 0) is 70.8 Å². The highest BCUT2D eigenvalue weighted by molar-refractivity contribution is 7.32. The minimum Gasteiger partial charge on any atom is -0.288 e. The van der Waals surface area contributed by atoms with E-state index >= 15 is 0 Å². The highest BCUT2D eigenvalue weighted by Gasteiger charge is 2.45. The predicted molar refractivity (Wildman–Crippen MR) is 182 cm³/mol. The molecule has 242 valence electrons. The Bertz CT molecular complexity index is 2540. The fourth-order valence-corrected chi connectivity index (χ4v) is 12.4. The summed E-state index contributed by atoms with van der Waals surface area (Å²) < 4.78 is 57.8. The van der Waals surface area contributed by atoms with Crippen molar-refractivity contribution in [2.75, 3.05) is 0 Å². The molecule has 3 aromatic heterocycles. The largest absolute Gasteiger partial charge is 0.288 e. The van der Waals surface area contributed by atoms with E-state index < -0.39 is 57.2 Å². The molecule has 0 amide bonds. The van der Waals surface area contributed by atoms with E-state index in [2.05, 4.69) is 13.8 Å². The molecule has 0 unspecified atom stereocenters. The van der Waals surface area contributed by atoms with Gasteiger partial charge in [-0.15, -0.1) is 34.0 Å². The number of hydrogen-bond acceptors (Lipinski definition) is 7. The summed E-state index contributed by atoms with van der Waals surface area (Å²) >= 11 is 4.73. The van der Waals surface area contributed by atoms with Crippen molar-refractivity contribution in [2.24, 2.45) is 0 Å². The molecule has 11 heteroatoms. The Morgan fingerprint density at radius 3 is 1.53 bits per heavy atom. The number of rotatable bonds is 2. The van der Waals surface area contributed by atoms with Crippen molar-refractivity contribution in [3.63, 3.8) is 0 Å². The molecular formula is C38H20F4O4S3. The zero-order valence-electron chi connectivity index (χ0n) is 26.0. The zero-order valence-corrected chi connectivity index (χ0v) is 28.4. The van der Waals surface area contributed by atoms with E-state index in [1.165, 1.54) is 23.0 Å². The fraction of sp³-hybridized carbons (Fsp3) is 0.158. The molecule has 2 aromatic carbocycles. The highest BCUT2D eigenvalue weighted by atomic mass is 32.1. The number of allylic oxidation sites excluding steroid dienone is 4. The maximum atomic E-state index is 13.9. The van der Waals surface area contributed by atoms with Crippen LogP contribution in [0.5, 0.6) is 0 Å². The summed E-state index contributed by atoms with van der Waals surface area (Å²) in [4.78, 5) is 56.1. The number of Topliss-reactive ketones (excluding diaryl/α,β-unsaturated/α-hetero) is 4. The highest BCUT2D eigenvalue weighted by Crippen LogP contribution is 2.63. The summed E-state index contributed by atoms with van der Waals surface area (Å²) in [5, 5.41) is 0. The van der Waals surface area contributed by atoms with Crippen LogP contribution in [0.3, 0.4) is 0 Å². The number of halogens is 4.